The molecule has 0 atom stereocenters. The van der Waals surface area contributed by atoms with E-state index in [1.807, 2.05) is 0 Å². The molecule has 0 bridgehead atoms. The topological polar surface area (TPSA) is 46.3 Å². The van der Waals surface area contributed by atoms with E-state index < -0.39 is 0 Å². The Morgan fingerprint density at radius 1 is 1.47 bits per heavy atom. The van der Waals surface area contributed by atoms with Crippen molar-refractivity contribution in [1.29, 1.82) is 0 Å². The van der Waals surface area contributed by atoms with Crippen molar-refractivity contribution in [2.24, 2.45) is 0 Å². The molecule has 0 saturated carbocycles. The summed E-state index contributed by atoms with van der Waals surface area (Å²) >= 11 is 3.28. The van der Waals surface area contributed by atoms with Crippen LogP contribution in [-0.2, 0) is 6.61 Å². The van der Waals surface area contributed by atoms with Gasteiger partial charge in [-0.15, -0.1) is 0 Å². The molecular weight excluding hydrogens is 265 g/mol. The molecule has 1 aromatic carbocycles. The van der Waals surface area contributed by atoms with Gasteiger partial charge >= 0.3 is 0 Å². The third-order valence-electron chi connectivity index (χ3n) is 1.96. The molecule has 0 spiro atoms. The van der Waals surface area contributed by atoms with Crippen LogP contribution < -0.4 is 0 Å². The highest BCUT2D eigenvalue weighted by Crippen LogP contribution is 2.31. The largest absolute Gasteiger partial charge is 0.443 e. The minimum atomic E-state index is -0.367. The van der Waals surface area contributed by atoms with Crippen LogP contribution in [0.2, 0.25) is 0 Å². The van der Waals surface area contributed by atoms with Crippen LogP contribution in [0.5, 0.6) is 0 Å². The molecule has 0 unspecified atom stereocenters. The first kappa shape index (κ1) is 10.3. The lowest BCUT2D eigenvalue weighted by Gasteiger charge is -2.02. The van der Waals surface area contributed by atoms with Crippen LogP contribution in [0.1, 0.15) is 5.69 Å². The molecule has 1 heterocycles. The molecule has 0 aliphatic carbocycles. The van der Waals surface area contributed by atoms with Crippen molar-refractivity contribution in [2.45, 2.75) is 6.61 Å². The SMILES string of the molecule is OCc1ncoc1-c1cc(F)ccc1Br. The number of aliphatic hydroxyl groups excluding tert-OH is 1. The van der Waals surface area contributed by atoms with Crippen LogP contribution in [-0.4, -0.2) is 10.1 Å². The fourth-order valence-electron chi connectivity index (χ4n) is 1.27. The summed E-state index contributed by atoms with van der Waals surface area (Å²) in [6.45, 7) is -0.241. The number of nitrogens with zero attached hydrogens (tertiary/aromatic N) is 1. The zero-order valence-electron chi connectivity index (χ0n) is 7.58. The summed E-state index contributed by atoms with van der Waals surface area (Å²) in [5, 5.41) is 9.00. The second-order valence-electron chi connectivity index (χ2n) is 2.91. The number of benzene rings is 1. The van der Waals surface area contributed by atoms with Crippen LogP contribution >= 0.6 is 15.9 Å². The Morgan fingerprint density at radius 2 is 2.27 bits per heavy atom. The van der Waals surface area contributed by atoms with Gasteiger partial charge in [0.05, 0.1) is 6.61 Å². The standard InChI is InChI=1S/C10H7BrFNO2/c11-8-2-1-6(12)3-7(8)10-9(4-14)13-5-15-10/h1-3,5,14H,4H2. The number of oxazole rings is 1. The molecule has 0 aliphatic heterocycles. The van der Waals surface area contributed by atoms with Gasteiger partial charge in [-0.2, -0.15) is 0 Å². The van der Waals surface area contributed by atoms with Crippen molar-refractivity contribution in [3.8, 4) is 11.3 Å². The second kappa shape index (κ2) is 4.12. The van der Waals surface area contributed by atoms with Crippen LogP contribution in [0.25, 0.3) is 11.3 Å². The Labute approximate surface area is 93.7 Å². The number of hydrogen-bond acceptors (Lipinski definition) is 3. The summed E-state index contributed by atoms with van der Waals surface area (Å²) in [4.78, 5) is 3.82. The van der Waals surface area contributed by atoms with E-state index >= 15 is 0 Å². The predicted octanol–water partition coefficient (Wildman–Crippen LogP) is 2.74. The number of halogens is 2. The van der Waals surface area contributed by atoms with Gasteiger partial charge in [-0.3, -0.25) is 0 Å². The van der Waals surface area contributed by atoms with Crippen molar-refractivity contribution in [1.82, 2.24) is 4.98 Å². The zero-order valence-corrected chi connectivity index (χ0v) is 9.16. The average molecular weight is 272 g/mol. The van der Waals surface area contributed by atoms with Crippen molar-refractivity contribution in [2.75, 3.05) is 0 Å². The molecule has 15 heavy (non-hydrogen) atoms. The Balaban J connectivity index is 2.58. The van der Waals surface area contributed by atoms with E-state index in [2.05, 4.69) is 20.9 Å². The van der Waals surface area contributed by atoms with Gasteiger partial charge in [-0.05, 0) is 18.2 Å². The van der Waals surface area contributed by atoms with E-state index in [1.165, 1.54) is 18.5 Å². The van der Waals surface area contributed by atoms with Gasteiger partial charge in [-0.25, -0.2) is 9.37 Å². The summed E-state index contributed by atoms with van der Waals surface area (Å²) in [6.07, 6.45) is 1.22. The molecular formula is C10H7BrFNO2. The highest BCUT2D eigenvalue weighted by Gasteiger charge is 2.13. The summed E-state index contributed by atoms with van der Waals surface area (Å²) in [6, 6.07) is 4.24. The van der Waals surface area contributed by atoms with Gasteiger partial charge < -0.3 is 9.52 Å². The first-order chi connectivity index (χ1) is 7.22. The zero-order chi connectivity index (χ0) is 10.8. The molecule has 3 nitrogen and oxygen atoms in total. The van der Waals surface area contributed by atoms with Crippen LogP contribution in [0.4, 0.5) is 4.39 Å². The smallest absolute Gasteiger partial charge is 0.181 e. The molecule has 0 amide bonds. The number of rotatable bonds is 2. The van der Waals surface area contributed by atoms with Gasteiger partial charge in [0.1, 0.15) is 11.5 Å². The van der Waals surface area contributed by atoms with Gasteiger partial charge in [0, 0.05) is 10.0 Å². The first-order valence-electron chi connectivity index (χ1n) is 4.21. The molecule has 5 heteroatoms. The third-order valence-corrected chi connectivity index (χ3v) is 2.66. The van der Waals surface area contributed by atoms with E-state index in [0.29, 0.717) is 21.5 Å². The maximum atomic E-state index is 13.0. The third kappa shape index (κ3) is 1.93. The van der Waals surface area contributed by atoms with Crippen molar-refractivity contribution >= 4 is 15.9 Å². The van der Waals surface area contributed by atoms with Gasteiger partial charge in [-0.1, -0.05) is 15.9 Å². The van der Waals surface area contributed by atoms with Crippen LogP contribution in [0.15, 0.2) is 33.5 Å². The van der Waals surface area contributed by atoms with Gasteiger partial charge in [0.2, 0.25) is 0 Å². The number of aromatic nitrogens is 1. The highest BCUT2D eigenvalue weighted by molar-refractivity contribution is 9.10. The molecule has 78 valence electrons. The Kier molecular flexibility index (Phi) is 2.83. The lowest BCUT2D eigenvalue weighted by Crippen LogP contribution is -1.88. The molecule has 2 aromatic rings. The van der Waals surface area contributed by atoms with Crippen molar-refractivity contribution in [3.63, 3.8) is 0 Å². The molecule has 0 aliphatic rings. The molecule has 0 fully saturated rings. The predicted molar refractivity (Wildman–Crippen MR) is 55.5 cm³/mol. The quantitative estimate of drug-likeness (QED) is 0.914. The Bertz CT molecular complexity index is 484. The second-order valence-corrected chi connectivity index (χ2v) is 3.76. The van der Waals surface area contributed by atoms with Crippen molar-refractivity contribution < 1.29 is 13.9 Å². The summed E-state index contributed by atoms with van der Waals surface area (Å²) in [7, 11) is 0. The minimum Gasteiger partial charge on any atom is -0.443 e. The van der Waals surface area contributed by atoms with E-state index in [1.54, 1.807) is 6.07 Å². The Morgan fingerprint density at radius 3 is 3.00 bits per heavy atom. The normalized spacial score (nSPS) is 10.6. The summed E-state index contributed by atoms with van der Waals surface area (Å²) < 4.78 is 18.8. The minimum absolute atomic E-state index is 0.241. The van der Waals surface area contributed by atoms with Crippen LogP contribution in [0.3, 0.4) is 0 Å². The highest BCUT2D eigenvalue weighted by atomic mass is 79.9. The molecule has 0 saturated heterocycles. The van der Waals surface area contributed by atoms with E-state index in [0.717, 1.165) is 0 Å². The summed E-state index contributed by atoms with van der Waals surface area (Å²) in [5.41, 5.74) is 0.929. The fourth-order valence-corrected chi connectivity index (χ4v) is 1.70. The monoisotopic (exact) mass is 271 g/mol. The lowest BCUT2D eigenvalue weighted by atomic mass is 10.1. The maximum Gasteiger partial charge on any atom is 0.181 e. The van der Waals surface area contributed by atoms with Gasteiger partial charge in [0.15, 0.2) is 12.2 Å². The number of hydrogen-bond donors (Lipinski definition) is 1. The van der Waals surface area contributed by atoms with E-state index in [9.17, 15) is 4.39 Å². The lowest BCUT2D eigenvalue weighted by molar-refractivity contribution is 0.277. The fraction of sp³-hybridized carbons (Fsp3) is 0.100. The average Bonchev–Trinajstić information content (AvgIpc) is 2.69. The van der Waals surface area contributed by atoms with Gasteiger partial charge in [0.25, 0.3) is 0 Å². The Hall–Kier alpha value is -1.20. The van der Waals surface area contributed by atoms with Crippen molar-refractivity contribution in [3.05, 3.63) is 40.6 Å². The maximum absolute atomic E-state index is 13.0. The molecule has 1 N–H and O–H groups in total. The summed E-state index contributed by atoms with van der Waals surface area (Å²) in [5.74, 6) is 0.0114. The molecule has 0 radical (unpaired) electrons. The van der Waals surface area contributed by atoms with E-state index in [4.69, 9.17) is 9.52 Å². The molecule has 1 aromatic heterocycles. The van der Waals surface area contributed by atoms with E-state index in [-0.39, 0.29) is 12.4 Å². The molecule has 2 rings (SSSR count). The number of aliphatic hydroxyl groups is 1. The first-order valence-corrected chi connectivity index (χ1v) is 5.00. The van der Waals surface area contributed by atoms with Crippen LogP contribution in [0, 0.1) is 5.82 Å².